The number of non-ortho nitro benzene ring substituents is 1. The average molecular weight is 455 g/mol. The molecule has 168 valence electrons. The van der Waals surface area contributed by atoms with Crippen LogP contribution in [-0.2, 0) is 11.3 Å². The van der Waals surface area contributed by atoms with Crippen molar-refractivity contribution in [2.75, 3.05) is 39.5 Å². The topological polar surface area (TPSA) is 82.1 Å². The molecule has 8 nitrogen and oxygen atoms in total. The Balaban J connectivity index is 1.66. The number of thiazole rings is 1. The molecule has 1 aliphatic rings. The van der Waals surface area contributed by atoms with Crippen molar-refractivity contribution < 1.29 is 14.4 Å². The number of hydrogen-bond donors (Lipinski definition) is 0. The van der Waals surface area contributed by atoms with Gasteiger partial charge in [0.15, 0.2) is 4.80 Å². The minimum atomic E-state index is -0.378. The Morgan fingerprint density at radius 2 is 1.81 bits per heavy atom. The van der Waals surface area contributed by atoms with E-state index in [9.17, 15) is 10.1 Å². The molecule has 0 bridgehead atoms. The summed E-state index contributed by atoms with van der Waals surface area (Å²) in [4.78, 5) is 18.8. The Kier molecular flexibility index (Phi) is 7.31. The van der Waals surface area contributed by atoms with Crippen molar-refractivity contribution in [3.05, 3.63) is 68.8 Å². The van der Waals surface area contributed by atoms with E-state index in [2.05, 4.69) is 14.8 Å². The lowest BCUT2D eigenvalue weighted by atomic mass is 10.1. The number of rotatable bonds is 8. The van der Waals surface area contributed by atoms with Crippen molar-refractivity contribution in [1.82, 2.24) is 9.47 Å². The van der Waals surface area contributed by atoms with E-state index in [0.717, 1.165) is 66.9 Å². The summed E-state index contributed by atoms with van der Waals surface area (Å²) >= 11 is 1.57. The van der Waals surface area contributed by atoms with Crippen LogP contribution >= 0.6 is 11.3 Å². The third-order valence-corrected chi connectivity index (χ3v) is 6.15. The van der Waals surface area contributed by atoms with Crippen LogP contribution in [0.1, 0.15) is 6.92 Å². The Morgan fingerprint density at radius 1 is 1.09 bits per heavy atom. The van der Waals surface area contributed by atoms with E-state index in [1.807, 2.05) is 31.2 Å². The SMILES string of the molecule is CCOc1ccc(N=c2scc(-c3ccc([N+](=O)[O-])cc3)n2CCN2CCOCC2)cc1. The zero-order valence-electron chi connectivity index (χ0n) is 18.0. The van der Waals surface area contributed by atoms with Crippen LogP contribution in [0, 0.1) is 10.1 Å². The van der Waals surface area contributed by atoms with E-state index < -0.39 is 0 Å². The van der Waals surface area contributed by atoms with Crippen molar-refractivity contribution in [2.45, 2.75) is 13.5 Å². The number of aromatic nitrogens is 1. The van der Waals surface area contributed by atoms with Gasteiger partial charge in [-0.15, -0.1) is 11.3 Å². The molecule has 2 aromatic carbocycles. The van der Waals surface area contributed by atoms with Crippen LogP contribution < -0.4 is 9.54 Å². The van der Waals surface area contributed by atoms with Gasteiger partial charge in [0.05, 0.1) is 36.1 Å². The normalized spacial score (nSPS) is 15.1. The van der Waals surface area contributed by atoms with Gasteiger partial charge in [0.2, 0.25) is 0 Å². The summed E-state index contributed by atoms with van der Waals surface area (Å²) in [5, 5.41) is 13.1. The Morgan fingerprint density at radius 3 is 2.47 bits per heavy atom. The number of morpholine rings is 1. The summed E-state index contributed by atoms with van der Waals surface area (Å²) in [6.45, 7) is 7.59. The maximum atomic E-state index is 11.0. The van der Waals surface area contributed by atoms with Crippen molar-refractivity contribution in [1.29, 1.82) is 0 Å². The summed E-state index contributed by atoms with van der Waals surface area (Å²) in [5.41, 5.74) is 2.87. The molecule has 32 heavy (non-hydrogen) atoms. The van der Waals surface area contributed by atoms with Gasteiger partial charge < -0.3 is 14.0 Å². The van der Waals surface area contributed by atoms with Gasteiger partial charge in [-0.2, -0.15) is 0 Å². The summed E-state index contributed by atoms with van der Waals surface area (Å²) in [5.74, 6) is 0.824. The molecule has 1 fully saturated rings. The van der Waals surface area contributed by atoms with E-state index in [0.29, 0.717) is 6.61 Å². The highest BCUT2D eigenvalue weighted by atomic mass is 32.1. The minimum absolute atomic E-state index is 0.0862. The zero-order chi connectivity index (χ0) is 22.3. The van der Waals surface area contributed by atoms with Crippen molar-refractivity contribution in [3.8, 4) is 17.0 Å². The largest absolute Gasteiger partial charge is 0.494 e. The van der Waals surface area contributed by atoms with Crippen LogP contribution in [0.4, 0.5) is 11.4 Å². The number of ether oxygens (including phenoxy) is 2. The van der Waals surface area contributed by atoms with Crippen LogP contribution in [0.2, 0.25) is 0 Å². The smallest absolute Gasteiger partial charge is 0.269 e. The molecule has 2 heterocycles. The predicted octanol–water partition coefficient (Wildman–Crippen LogP) is 4.09. The minimum Gasteiger partial charge on any atom is -0.494 e. The molecule has 1 saturated heterocycles. The summed E-state index contributed by atoms with van der Waals surface area (Å²) in [7, 11) is 0. The number of nitro benzene ring substituents is 1. The number of hydrogen-bond acceptors (Lipinski definition) is 7. The molecule has 1 aromatic heterocycles. The van der Waals surface area contributed by atoms with Crippen LogP contribution in [0.3, 0.4) is 0 Å². The lowest BCUT2D eigenvalue weighted by Gasteiger charge is -2.26. The average Bonchev–Trinajstić information content (AvgIpc) is 3.22. The fraction of sp³-hybridized carbons (Fsp3) is 0.348. The van der Waals surface area contributed by atoms with E-state index in [4.69, 9.17) is 14.5 Å². The van der Waals surface area contributed by atoms with E-state index in [-0.39, 0.29) is 10.6 Å². The summed E-state index contributed by atoms with van der Waals surface area (Å²) in [6, 6.07) is 14.4. The highest BCUT2D eigenvalue weighted by Crippen LogP contribution is 2.24. The number of nitrogens with zero attached hydrogens (tertiary/aromatic N) is 4. The summed E-state index contributed by atoms with van der Waals surface area (Å²) < 4.78 is 13.2. The number of nitro groups is 1. The monoisotopic (exact) mass is 454 g/mol. The maximum absolute atomic E-state index is 11.0. The highest BCUT2D eigenvalue weighted by Gasteiger charge is 2.14. The van der Waals surface area contributed by atoms with Gasteiger partial charge >= 0.3 is 0 Å². The van der Waals surface area contributed by atoms with Gasteiger partial charge in [0.1, 0.15) is 5.75 Å². The predicted molar refractivity (Wildman–Crippen MR) is 124 cm³/mol. The molecular formula is C23H26N4O4S. The summed E-state index contributed by atoms with van der Waals surface area (Å²) in [6.07, 6.45) is 0. The molecule has 0 radical (unpaired) electrons. The molecular weight excluding hydrogens is 428 g/mol. The second-order valence-corrected chi connectivity index (χ2v) is 8.19. The Bertz CT molecular complexity index is 1100. The van der Waals surface area contributed by atoms with Gasteiger partial charge in [-0.25, -0.2) is 4.99 Å². The maximum Gasteiger partial charge on any atom is 0.269 e. The van der Waals surface area contributed by atoms with Gasteiger partial charge in [-0.3, -0.25) is 15.0 Å². The van der Waals surface area contributed by atoms with E-state index in [1.165, 1.54) is 0 Å². The Hall–Kier alpha value is -3.01. The molecule has 0 unspecified atom stereocenters. The van der Waals surface area contributed by atoms with Crippen LogP contribution in [0.25, 0.3) is 11.3 Å². The standard InChI is InChI=1S/C23H26N4O4S/c1-2-31-21-9-5-19(6-10-21)24-23-26(12-11-25-13-15-30-16-14-25)22(17-32-23)18-3-7-20(8-4-18)27(28)29/h3-10,17H,2,11-16H2,1H3. The molecule has 0 saturated carbocycles. The molecule has 0 N–H and O–H groups in total. The zero-order valence-corrected chi connectivity index (χ0v) is 18.8. The van der Waals surface area contributed by atoms with Gasteiger partial charge in [-0.1, -0.05) is 0 Å². The molecule has 4 rings (SSSR count). The van der Waals surface area contributed by atoms with Crippen LogP contribution in [0.5, 0.6) is 5.75 Å². The van der Waals surface area contributed by atoms with Crippen molar-refractivity contribution >= 4 is 22.7 Å². The van der Waals surface area contributed by atoms with Gasteiger partial charge in [0, 0.05) is 43.7 Å². The molecule has 0 atom stereocenters. The molecule has 0 amide bonds. The fourth-order valence-electron chi connectivity index (χ4n) is 3.58. The quantitative estimate of drug-likeness (QED) is 0.378. The third kappa shape index (κ3) is 5.42. The first-order chi connectivity index (χ1) is 15.6. The molecule has 0 aliphatic carbocycles. The molecule has 9 heteroatoms. The van der Waals surface area contributed by atoms with Crippen LogP contribution in [0.15, 0.2) is 58.9 Å². The van der Waals surface area contributed by atoms with Crippen LogP contribution in [-0.4, -0.2) is 53.8 Å². The van der Waals surface area contributed by atoms with Crippen molar-refractivity contribution in [3.63, 3.8) is 0 Å². The van der Waals surface area contributed by atoms with Gasteiger partial charge in [0.25, 0.3) is 5.69 Å². The second kappa shape index (κ2) is 10.5. The van der Waals surface area contributed by atoms with E-state index in [1.54, 1.807) is 35.6 Å². The third-order valence-electron chi connectivity index (χ3n) is 5.29. The lowest BCUT2D eigenvalue weighted by molar-refractivity contribution is -0.384. The lowest BCUT2D eigenvalue weighted by Crippen LogP contribution is -2.39. The first kappa shape index (κ1) is 22.2. The van der Waals surface area contributed by atoms with Crippen molar-refractivity contribution in [2.24, 2.45) is 4.99 Å². The van der Waals surface area contributed by atoms with Gasteiger partial charge in [-0.05, 0) is 48.9 Å². The number of benzene rings is 2. The first-order valence-electron chi connectivity index (χ1n) is 10.6. The first-order valence-corrected chi connectivity index (χ1v) is 11.5. The molecule has 3 aromatic rings. The highest BCUT2D eigenvalue weighted by molar-refractivity contribution is 7.07. The molecule has 0 spiro atoms. The Labute approximate surface area is 190 Å². The van der Waals surface area contributed by atoms with E-state index >= 15 is 0 Å². The fourth-order valence-corrected chi connectivity index (χ4v) is 4.53. The second-order valence-electron chi connectivity index (χ2n) is 7.35. The molecule has 1 aliphatic heterocycles.